The highest BCUT2D eigenvalue weighted by Gasteiger charge is 2.32. The van der Waals surface area contributed by atoms with Crippen LogP contribution in [0.3, 0.4) is 0 Å². The van der Waals surface area contributed by atoms with Crippen LogP contribution in [-0.2, 0) is 4.74 Å². The van der Waals surface area contributed by atoms with Gasteiger partial charge in [-0.2, -0.15) is 0 Å². The quantitative estimate of drug-likeness (QED) is 0.388. The molecular weight excluding hydrogens is 288 g/mol. The molecule has 0 aromatic carbocycles. The molecule has 0 aromatic heterocycles. The number of nitrogens with one attached hydrogen (secondary N) is 2. The molecule has 1 unspecified atom stereocenters. The lowest BCUT2D eigenvalue weighted by atomic mass is 9.98. The highest BCUT2D eigenvalue weighted by molar-refractivity contribution is 5.79. The van der Waals surface area contributed by atoms with Gasteiger partial charge in [-0.3, -0.25) is 4.99 Å². The van der Waals surface area contributed by atoms with Crippen molar-refractivity contribution in [2.24, 2.45) is 10.9 Å². The summed E-state index contributed by atoms with van der Waals surface area (Å²) in [5, 5.41) is 6.87. The van der Waals surface area contributed by atoms with Crippen LogP contribution < -0.4 is 10.6 Å². The average Bonchev–Trinajstić information content (AvgIpc) is 3.38. The van der Waals surface area contributed by atoms with Crippen molar-refractivity contribution in [1.82, 2.24) is 15.5 Å². The van der Waals surface area contributed by atoms with Gasteiger partial charge in [0.05, 0.1) is 6.10 Å². The summed E-state index contributed by atoms with van der Waals surface area (Å²) in [5.74, 6) is 1.77. The van der Waals surface area contributed by atoms with Crippen LogP contribution in [0.2, 0.25) is 0 Å². The number of ether oxygens (including phenoxy) is 1. The third kappa shape index (κ3) is 7.08. The van der Waals surface area contributed by atoms with Crippen LogP contribution in [0, 0.1) is 5.92 Å². The van der Waals surface area contributed by atoms with Crippen molar-refractivity contribution in [3.05, 3.63) is 0 Å². The lowest BCUT2D eigenvalue weighted by Gasteiger charge is -2.25. The summed E-state index contributed by atoms with van der Waals surface area (Å²) in [6.45, 7) is 2.75. The summed E-state index contributed by atoms with van der Waals surface area (Å²) in [4.78, 5) is 6.65. The molecule has 2 rings (SSSR count). The molecule has 2 aliphatic carbocycles. The molecule has 5 nitrogen and oxygen atoms in total. The van der Waals surface area contributed by atoms with Crippen LogP contribution in [0.4, 0.5) is 0 Å². The number of hydrogen-bond acceptors (Lipinski definition) is 3. The topological polar surface area (TPSA) is 48.9 Å². The molecule has 0 saturated heterocycles. The van der Waals surface area contributed by atoms with Gasteiger partial charge in [-0.05, 0) is 52.1 Å². The second kappa shape index (κ2) is 10.1. The van der Waals surface area contributed by atoms with Crippen molar-refractivity contribution in [3.63, 3.8) is 0 Å². The van der Waals surface area contributed by atoms with Gasteiger partial charge in [-0.25, -0.2) is 0 Å². The van der Waals surface area contributed by atoms with Gasteiger partial charge in [0.1, 0.15) is 0 Å². The molecule has 5 heteroatoms. The number of guanidine groups is 1. The lowest BCUT2D eigenvalue weighted by molar-refractivity contribution is 0.0277. The Labute approximate surface area is 142 Å². The smallest absolute Gasteiger partial charge is 0.191 e. The summed E-state index contributed by atoms with van der Waals surface area (Å²) < 4.78 is 5.96. The second-order valence-electron chi connectivity index (χ2n) is 7.23. The van der Waals surface area contributed by atoms with Crippen LogP contribution in [0.15, 0.2) is 4.99 Å². The molecule has 0 aliphatic heterocycles. The van der Waals surface area contributed by atoms with Crippen molar-refractivity contribution in [2.75, 3.05) is 40.8 Å². The van der Waals surface area contributed by atoms with Crippen LogP contribution >= 0.6 is 0 Å². The first-order valence-electron chi connectivity index (χ1n) is 9.43. The van der Waals surface area contributed by atoms with Gasteiger partial charge in [0, 0.05) is 32.8 Å². The molecule has 0 heterocycles. The van der Waals surface area contributed by atoms with E-state index >= 15 is 0 Å². The van der Waals surface area contributed by atoms with E-state index in [0.717, 1.165) is 38.0 Å². The van der Waals surface area contributed by atoms with E-state index < -0.39 is 0 Å². The molecule has 2 N–H and O–H groups in total. The molecule has 0 aromatic rings. The van der Waals surface area contributed by atoms with Gasteiger partial charge in [0.2, 0.25) is 0 Å². The SMILES string of the molecule is CN=C(NCCCOC1CCCCC1)NCC(C1CC1)N(C)C. The first-order valence-corrected chi connectivity index (χ1v) is 9.43. The molecule has 1 atom stereocenters. The fourth-order valence-corrected chi connectivity index (χ4v) is 3.43. The Bertz CT molecular complexity index is 347. The summed E-state index contributed by atoms with van der Waals surface area (Å²) >= 11 is 0. The lowest BCUT2D eigenvalue weighted by Crippen LogP contribution is -2.46. The van der Waals surface area contributed by atoms with E-state index in [1.807, 2.05) is 7.05 Å². The van der Waals surface area contributed by atoms with Gasteiger partial charge in [-0.1, -0.05) is 19.3 Å². The number of hydrogen-bond donors (Lipinski definition) is 2. The summed E-state index contributed by atoms with van der Waals surface area (Å²) in [6, 6.07) is 0.614. The monoisotopic (exact) mass is 324 g/mol. The normalized spacial score (nSPS) is 21.5. The predicted octanol–water partition coefficient (Wildman–Crippen LogP) is 2.23. The van der Waals surface area contributed by atoms with E-state index in [0.29, 0.717) is 12.1 Å². The third-order valence-electron chi connectivity index (χ3n) is 5.05. The summed E-state index contributed by atoms with van der Waals surface area (Å²) in [7, 11) is 6.18. The maximum absolute atomic E-state index is 5.96. The fraction of sp³-hybridized carbons (Fsp3) is 0.944. The van der Waals surface area contributed by atoms with Gasteiger partial charge in [0.25, 0.3) is 0 Å². The Morgan fingerprint density at radius 2 is 1.87 bits per heavy atom. The second-order valence-corrected chi connectivity index (χ2v) is 7.23. The first-order chi connectivity index (χ1) is 11.2. The zero-order valence-electron chi connectivity index (χ0n) is 15.3. The molecule has 134 valence electrons. The molecular formula is C18H36N4O. The highest BCUT2D eigenvalue weighted by Crippen LogP contribution is 2.34. The van der Waals surface area contributed by atoms with E-state index in [1.54, 1.807) is 0 Å². The number of nitrogens with zero attached hydrogens (tertiary/aromatic N) is 2. The predicted molar refractivity (Wildman–Crippen MR) is 97.0 cm³/mol. The van der Waals surface area contributed by atoms with Crippen LogP contribution in [0.25, 0.3) is 0 Å². The molecule has 2 saturated carbocycles. The fourth-order valence-electron chi connectivity index (χ4n) is 3.43. The molecule has 23 heavy (non-hydrogen) atoms. The van der Waals surface area contributed by atoms with Gasteiger partial charge in [0.15, 0.2) is 5.96 Å². The Kier molecular flexibility index (Phi) is 8.17. The van der Waals surface area contributed by atoms with Crippen LogP contribution in [0.1, 0.15) is 51.4 Å². The maximum atomic E-state index is 5.96. The van der Waals surface area contributed by atoms with Gasteiger partial charge >= 0.3 is 0 Å². The maximum Gasteiger partial charge on any atom is 0.191 e. The highest BCUT2D eigenvalue weighted by atomic mass is 16.5. The first kappa shape index (κ1) is 18.5. The summed E-state index contributed by atoms with van der Waals surface area (Å²) in [6.07, 6.45) is 10.9. The van der Waals surface area contributed by atoms with Crippen molar-refractivity contribution < 1.29 is 4.74 Å². The van der Waals surface area contributed by atoms with Crippen molar-refractivity contribution in [2.45, 2.75) is 63.5 Å². The van der Waals surface area contributed by atoms with E-state index in [2.05, 4.69) is 34.6 Å². The van der Waals surface area contributed by atoms with Gasteiger partial charge in [-0.15, -0.1) is 0 Å². The Balaban J connectivity index is 1.54. The average molecular weight is 325 g/mol. The summed E-state index contributed by atoms with van der Waals surface area (Å²) in [5.41, 5.74) is 0. The largest absolute Gasteiger partial charge is 0.378 e. The number of rotatable bonds is 9. The van der Waals surface area contributed by atoms with Crippen molar-refractivity contribution >= 4 is 5.96 Å². The van der Waals surface area contributed by atoms with E-state index in [-0.39, 0.29) is 0 Å². The minimum absolute atomic E-state index is 0.514. The Morgan fingerprint density at radius 1 is 1.13 bits per heavy atom. The van der Waals surface area contributed by atoms with Crippen molar-refractivity contribution in [3.8, 4) is 0 Å². The van der Waals surface area contributed by atoms with E-state index in [1.165, 1.54) is 44.9 Å². The minimum Gasteiger partial charge on any atom is -0.378 e. The molecule has 0 spiro atoms. The zero-order chi connectivity index (χ0) is 16.5. The van der Waals surface area contributed by atoms with E-state index in [4.69, 9.17) is 4.74 Å². The number of aliphatic imine (C=N–C) groups is 1. The minimum atomic E-state index is 0.514. The number of likely N-dealkylation sites (N-methyl/N-ethyl adjacent to an activating group) is 1. The Hall–Kier alpha value is -0.810. The van der Waals surface area contributed by atoms with Crippen LogP contribution in [0.5, 0.6) is 0 Å². The van der Waals surface area contributed by atoms with E-state index in [9.17, 15) is 0 Å². The molecule has 0 amide bonds. The van der Waals surface area contributed by atoms with Crippen LogP contribution in [-0.4, -0.2) is 63.8 Å². The van der Waals surface area contributed by atoms with Gasteiger partial charge < -0.3 is 20.3 Å². The third-order valence-corrected chi connectivity index (χ3v) is 5.05. The molecule has 0 radical (unpaired) electrons. The molecule has 0 bridgehead atoms. The Morgan fingerprint density at radius 3 is 2.48 bits per heavy atom. The van der Waals surface area contributed by atoms with Crippen molar-refractivity contribution in [1.29, 1.82) is 0 Å². The standard InChI is InChI=1S/C18H36N4O/c1-19-18(21-14-17(22(2)3)15-10-11-15)20-12-7-13-23-16-8-5-4-6-9-16/h15-17H,4-14H2,1-3H3,(H2,19,20,21). The molecule has 2 aliphatic rings. The molecule has 2 fully saturated rings. The zero-order valence-corrected chi connectivity index (χ0v) is 15.3.